The smallest absolute Gasteiger partial charge is 0.410 e. The van der Waals surface area contributed by atoms with E-state index in [1.807, 2.05) is 0 Å². The molecule has 0 aromatic heterocycles. The summed E-state index contributed by atoms with van der Waals surface area (Å²) in [5, 5.41) is 19.1. The van der Waals surface area contributed by atoms with Crippen molar-refractivity contribution < 1.29 is 29.3 Å². The third-order valence-corrected chi connectivity index (χ3v) is 4.39. The minimum Gasteiger partial charge on any atom is -0.469 e. The van der Waals surface area contributed by atoms with Gasteiger partial charge in [0.15, 0.2) is 0 Å². The third kappa shape index (κ3) is 7.20. The van der Waals surface area contributed by atoms with Crippen molar-refractivity contribution in [1.82, 2.24) is 4.90 Å². The van der Waals surface area contributed by atoms with Crippen LogP contribution in [0.3, 0.4) is 0 Å². The van der Waals surface area contributed by atoms with E-state index in [9.17, 15) is 14.7 Å². The van der Waals surface area contributed by atoms with Gasteiger partial charge in [-0.15, -0.1) is 0 Å². The lowest BCUT2D eigenvalue weighted by Crippen LogP contribution is -2.55. The van der Waals surface area contributed by atoms with Crippen LogP contribution in [0.4, 0.5) is 4.79 Å². The molecule has 1 aliphatic heterocycles. The number of methoxy groups -OCH3 is 1. The molecule has 1 amide bonds. The molecule has 0 bridgehead atoms. The monoisotopic (exact) mass is 359 g/mol. The predicted molar refractivity (Wildman–Crippen MR) is 93.0 cm³/mol. The quantitative estimate of drug-likeness (QED) is 0.534. The van der Waals surface area contributed by atoms with Gasteiger partial charge < -0.3 is 24.6 Å². The number of piperidine rings is 1. The number of carbonyl (C=O) groups is 2. The molecule has 7 heteroatoms. The Morgan fingerprint density at radius 1 is 1.16 bits per heavy atom. The number of esters is 1. The first kappa shape index (κ1) is 21.7. The van der Waals surface area contributed by atoms with Gasteiger partial charge in [-0.2, -0.15) is 0 Å². The molecule has 0 saturated carbocycles. The Morgan fingerprint density at radius 2 is 1.80 bits per heavy atom. The Bertz CT molecular complexity index is 434. The molecule has 1 rings (SSSR count). The lowest BCUT2D eigenvalue weighted by Gasteiger charge is -2.41. The van der Waals surface area contributed by atoms with Gasteiger partial charge in [-0.1, -0.05) is 19.3 Å². The zero-order valence-electron chi connectivity index (χ0n) is 15.9. The van der Waals surface area contributed by atoms with Gasteiger partial charge in [-0.3, -0.25) is 4.79 Å². The van der Waals surface area contributed by atoms with Crippen molar-refractivity contribution in [3.05, 3.63) is 0 Å². The maximum Gasteiger partial charge on any atom is 0.410 e. The van der Waals surface area contributed by atoms with Crippen molar-refractivity contribution in [2.45, 2.75) is 77.0 Å². The van der Waals surface area contributed by atoms with Gasteiger partial charge in [0.05, 0.1) is 13.2 Å². The highest BCUT2D eigenvalue weighted by Gasteiger charge is 2.42. The first-order valence-corrected chi connectivity index (χ1v) is 9.06. The van der Waals surface area contributed by atoms with E-state index in [2.05, 4.69) is 0 Å². The van der Waals surface area contributed by atoms with Gasteiger partial charge in [-0.05, 0) is 40.0 Å². The molecule has 1 aliphatic rings. The number of aliphatic hydroxyl groups excluding tert-OH is 2. The Kier molecular flexibility index (Phi) is 8.65. The zero-order valence-corrected chi connectivity index (χ0v) is 15.9. The number of rotatable bonds is 7. The summed E-state index contributed by atoms with van der Waals surface area (Å²) >= 11 is 0. The molecular weight excluding hydrogens is 326 g/mol. The number of amides is 1. The van der Waals surface area contributed by atoms with Crippen LogP contribution < -0.4 is 0 Å². The van der Waals surface area contributed by atoms with E-state index < -0.39 is 29.7 Å². The van der Waals surface area contributed by atoms with Gasteiger partial charge in [0.1, 0.15) is 11.5 Å². The van der Waals surface area contributed by atoms with Crippen LogP contribution in [-0.2, 0) is 14.3 Å². The zero-order chi connectivity index (χ0) is 19.0. The fraction of sp³-hybridized carbons (Fsp3) is 0.889. The maximum absolute atomic E-state index is 12.6. The standard InChI is InChI=1S/C18H33NO6/c1-18(2,3)25-17(23)19-12-14(16(22)24-4)15(21)11-13(19)9-7-5-6-8-10-20/h13-15,20-21H,5-12H2,1-4H3/t13-,14+,15-/m1/s1. The molecular formula is C18H33NO6. The second kappa shape index (κ2) is 9.97. The molecule has 0 aromatic rings. The van der Waals surface area contributed by atoms with Gasteiger partial charge in [0, 0.05) is 19.2 Å². The summed E-state index contributed by atoms with van der Waals surface area (Å²) in [5.74, 6) is -1.26. The van der Waals surface area contributed by atoms with Crippen LogP contribution in [-0.4, -0.2) is 65.2 Å². The van der Waals surface area contributed by atoms with Crippen molar-refractivity contribution in [2.24, 2.45) is 5.92 Å². The van der Waals surface area contributed by atoms with Crippen LogP contribution in [0, 0.1) is 5.92 Å². The van der Waals surface area contributed by atoms with E-state index in [4.69, 9.17) is 14.6 Å². The summed E-state index contributed by atoms with van der Waals surface area (Å²) in [6.45, 7) is 5.68. The average molecular weight is 359 g/mol. The molecule has 0 aromatic carbocycles. The number of hydrogen-bond donors (Lipinski definition) is 2. The van der Waals surface area contributed by atoms with Crippen molar-refractivity contribution in [3.8, 4) is 0 Å². The number of aliphatic hydroxyl groups is 2. The minimum atomic E-state index is -0.825. The Hall–Kier alpha value is -1.34. The lowest BCUT2D eigenvalue weighted by molar-refractivity contribution is -0.153. The summed E-state index contributed by atoms with van der Waals surface area (Å²) in [5.41, 5.74) is -0.625. The van der Waals surface area contributed by atoms with Gasteiger partial charge in [0.25, 0.3) is 0 Å². The highest BCUT2D eigenvalue weighted by atomic mass is 16.6. The van der Waals surface area contributed by atoms with Crippen LogP contribution in [0.1, 0.15) is 59.3 Å². The predicted octanol–water partition coefficient (Wildman–Crippen LogP) is 2.09. The first-order chi connectivity index (χ1) is 11.7. The maximum atomic E-state index is 12.6. The summed E-state index contributed by atoms with van der Waals surface area (Å²) in [6.07, 6.45) is 3.32. The van der Waals surface area contributed by atoms with Crippen LogP contribution in [0.5, 0.6) is 0 Å². The van der Waals surface area contributed by atoms with Crippen LogP contribution in [0.15, 0.2) is 0 Å². The molecule has 0 spiro atoms. The first-order valence-electron chi connectivity index (χ1n) is 9.06. The highest BCUT2D eigenvalue weighted by Crippen LogP contribution is 2.28. The van der Waals surface area contributed by atoms with Crippen molar-refractivity contribution >= 4 is 12.1 Å². The van der Waals surface area contributed by atoms with Crippen LogP contribution >= 0.6 is 0 Å². The van der Waals surface area contributed by atoms with Gasteiger partial charge in [0.2, 0.25) is 0 Å². The molecule has 0 aliphatic carbocycles. The fourth-order valence-corrected chi connectivity index (χ4v) is 3.10. The topological polar surface area (TPSA) is 96.3 Å². The molecule has 3 atom stereocenters. The number of ether oxygens (including phenoxy) is 2. The van der Waals surface area contributed by atoms with Crippen LogP contribution in [0.2, 0.25) is 0 Å². The molecule has 1 heterocycles. The van der Waals surface area contributed by atoms with E-state index in [0.717, 1.165) is 32.1 Å². The van der Waals surface area contributed by atoms with Crippen molar-refractivity contribution in [2.75, 3.05) is 20.3 Å². The Balaban J connectivity index is 2.76. The lowest BCUT2D eigenvalue weighted by atomic mass is 9.87. The normalized spacial score (nSPS) is 24.1. The second-order valence-corrected chi connectivity index (χ2v) is 7.65. The van der Waals surface area contributed by atoms with E-state index in [1.165, 1.54) is 7.11 Å². The van der Waals surface area contributed by atoms with E-state index in [-0.39, 0.29) is 19.2 Å². The van der Waals surface area contributed by atoms with E-state index in [0.29, 0.717) is 6.42 Å². The second-order valence-electron chi connectivity index (χ2n) is 7.65. The molecule has 2 N–H and O–H groups in total. The Labute approximate surface area is 150 Å². The van der Waals surface area contributed by atoms with Crippen molar-refractivity contribution in [3.63, 3.8) is 0 Å². The molecule has 0 unspecified atom stereocenters. The summed E-state index contributed by atoms with van der Waals surface area (Å²) < 4.78 is 10.2. The van der Waals surface area contributed by atoms with E-state index in [1.54, 1.807) is 25.7 Å². The number of unbranched alkanes of at least 4 members (excludes halogenated alkanes) is 3. The summed E-state index contributed by atoms with van der Waals surface area (Å²) in [7, 11) is 1.28. The SMILES string of the molecule is COC(=O)[C@H]1CN(C(=O)OC(C)(C)C)[C@H](CCCCCCO)C[C@H]1O. The largest absolute Gasteiger partial charge is 0.469 e. The molecule has 1 fully saturated rings. The van der Waals surface area contributed by atoms with E-state index >= 15 is 0 Å². The molecule has 25 heavy (non-hydrogen) atoms. The fourth-order valence-electron chi connectivity index (χ4n) is 3.10. The Morgan fingerprint density at radius 3 is 2.36 bits per heavy atom. The number of nitrogens with zero attached hydrogens (tertiary/aromatic N) is 1. The van der Waals surface area contributed by atoms with Gasteiger partial charge >= 0.3 is 12.1 Å². The summed E-state index contributed by atoms with van der Waals surface area (Å²) in [6, 6.07) is -0.167. The van der Waals surface area contributed by atoms with Gasteiger partial charge in [-0.25, -0.2) is 4.79 Å². The van der Waals surface area contributed by atoms with Crippen LogP contribution in [0.25, 0.3) is 0 Å². The number of carbonyl (C=O) groups excluding carboxylic acids is 2. The average Bonchev–Trinajstić information content (AvgIpc) is 2.52. The minimum absolute atomic E-state index is 0.101. The molecule has 0 radical (unpaired) electrons. The summed E-state index contributed by atoms with van der Waals surface area (Å²) in [4.78, 5) is 26.0. The molecule has 1 saturated heterocycles. The third-order valence-electron chi connectivity index (χ3n) is 4.39. The number of likely N-dealkylation sites (tertiary alicyclic amines) is 1. The molecule has 146 valence electrons. The molecule has 7 nitrogen and oxygen atoms in total. The van der Waals surface area contributed by atoms with Crippen molar-refractivity contribution in [1.29, 1.82) is 0 Å². The highest BCUT2D eigenvalue weighted by molar-refractivity contribution is 5.75. The number of hydrogen-bond acceptors (Lipinski definition) is 6.